The topological polar surface area (TPSA) is 111 Å². The maximum absolute atomic E-state index is 12.9. The lowest BCUT2D eigenvalue weighted by atomic mass is 10.0. The first-order valence-electron chi connectivity index (χ1n) is 35.5. The molecular formula is C80H130NO8P. The zero-order valence-electron chi connectivity index (χ0n) is 57.8. The van der Waals surface area contributed by atoms with Crippen molar-refractivity contribution in [1.29, 1.82) is 0 Å². The van der Waals surface area contributed by atoms with Gasteiger partial charge in [0.1, 0.15) is 19.8 Å². The molecule has 2 atom stereocenters. The molecule has 0 aliphatic rings. The van der Waals surface area contributed by atoms with Crippen molar-refractivity contribution in [2.45, 2.75) is 264 Å². The summed E-state index contributed by atoms with van der Waals surface area (Å²) < 4.78 is 34.3. The number of esters is 2. The van der Waals surface area contributed by atoms with Gasteiger partial charge in [0.05, 0.1) is 27.7 Å². The fourth-order valence-corrected chi connectivity index (χ4v) is 9.79. The Labute approximate surface area is 552 Å². The molecule has 0 fully saturated rings. The van der Waals surface area contributed by atoms with Crippen LogP contribution in [0.3, 0.4) is 0 Å². The van der Waals surface area contributed by atoms with Gasteiger partial charge in [-0.2, -0.15) is 0 Å². The standard InChI is InChI=1S/C80H130NO8P/c1-6-8-10-12-14-16-18-20-22-24-26-28-30-32-34-36-37-38-39-40-41-42-43-45-46-48-50-52-54-56-58-60-62-64-66-68-70-72-79(82)86-76-78(77-88-90(84,85)87-75-74-81(3,4)5)89-80(83)73-71-69-67-65-63-61-59-57-55-53-51-49-47-44-35-33-31-29-27-25-23-21-19-17-15-13-11-9-7-2/h8-11,14-17,20-23,26-29,32-35,37-38,40-41,47,49,53,55,59,61,78H,6-7,12-13,18-19,24-25,30-31,36,39,42-46,48,50-52,54,56-58,60,62-77H2,1-5H3/b10-8-,11-9-,16-14-,17-15-,22-20-,23-21-,28-26-,29-27-,34-32-,35-33-,38-37-,41-40-,49-47-,55-53-,61-59-. The van der Waals surface area contributed by atoms with Gasteiger partial charge in [-0.3, -0.25) is 14.2 Å². The highest BCUT2D eigenvalue weighted by molar-refractivity contribution is 7.45. The van der Waals surface area contributed by atoms with Crippen molar-refractivity contribution in [2.24, 2.45) is 0 Å². The monoisotopic (exact) mass is 1260 g/mol. The normalized spacial score (nSPS) is 14.2. The van der Waals surface area contributed by atoms with E-state index in [4.69, 9.17) is 18.5 Å². The Morgan fingerprint density at radius 2 is 0.600 bits per heavy atom. The number of unbranched alkanes of at least 4 members (excludes halogenated alkanes) is 19. The van der Waals surface area contributed by atoms with Crippen LogP contribution in [0.1, 0.15) is 258 Å². The Bertz CT molecular complexity index is 2170. The van der Waals surface area contributed by atoms with E-state index >= 15 is 0 Å². The van der Waals surface area contributed by atoms with Gasteiger partial charge in [-0.25, -0.2) is 0 Å². The fourth-order valence-electron chi connectivity index (χ4n) is 9.06. The molecule has 0 aromatic rings. The third kappa shape index (κ3) is 72.2. The largest absolute Gasteiger partial charge is 0.756 e. The quantitative estimate of drug-likeness (QED) is 0.0195. The summed E-state index contributed by atoms with van der Waals surface area (Å²) in [6.45, 7) is 3.97. The molecule has 0 aromatic carbocycles. The number of quaternary nitrogens is 1. The van der Waals surface area contributed by atoms with Gasteiger partial charge in [-0.05, 0) is 135 Å². The molecule has 0 saturated carbocycles. The molecule has 0 aliphatic heterocycles. The van der Waals surface area contributed by atoms with Crippen LogP contribution in [0.15, 0.2) is 182 Å². The van der Waals surface area contributed by atoms with Crippen molar-refractivity contribution in [3.05, 3.63) is 182 Å². The van der Waals surface area contributed by atoms with Crippen molar-refractivity contribution in [2.75, 3.05) is 47.5 Å². The Balaban J connectivity index is 4.13. The second-order valence-electron chi connectivity index (χ2n) is 24.1. The minimum absolute atomic E-state index is 0.0453. The highest BCUT2D eigenvalue weighted by Crippen LogP contribution is 2.38. The van der Waals surface area contributed by atoms with E-state index in [1.54, 1.807) is 0 Å². The van der Waals surface area contributed by atoms with Crippen molar-refractivity contribution < 1.29 is 42.1 Å². The molecule has 2 unspecified atom stereocenters. The van der Waals surface area contributed by atoms with E-state index in [0.29, 0.717) is 17.4 Å². The average molecular weight is 1260 g/mol. The van der Waals surface area contributed by atoms with Crippen molar-refractivity contribution in [3.8, 4) is 0 Å². The number of carbonyl (C=O) groups excluding carboxylic acids is 2. The minimum atomic E-state index is -4.66. The van der Waals surface area contributed by atoms with Gasteiger partial charge in [-0.1, -0.05) is 292 Å². The Morgan fingerprint density at radius 3 is 0.889 bits per heavy atom. The van der Waals surface area contributed by atoms with Crippen LogP contribution < -0.4 is 4.89 Å². The molecule has 0 aromatic heterocycles. The number of hydrogen-bond donors (Lipinski definition) is 0. The Morgan fingerprint density at radius 1 is 0.344 bits per heavy atom. The van der Waals surface area contributed by atoms with Gasteiger partial charge < -0.3 is 27.9 Å². The van der Waals surface area contributed by atoms with Crippen LogP contribution in [0.5, 0.6) is 0 Å². The maximum atomic E-state index is 12.9. The number of phosphoric ester groups is 1. The lowest BCUT2D eigenvalue weighted by molar-refractivity contribution is -0.870. The molecule has 508 valence electrons. The lowest BCUT2D eigenvalue weighted by Gasteiger charge is -2.28. The molecule has 0 radical (unpaired) electrons. The third-order valence-corrected chi connectivity index (χ3v) is 15.4. The maximum Gasteiger partial charge on any atom is 0.306 e. The van der Waals surface area contributed by atoms with Crippen molar-refractivity contribution in [1.82, 2.24) is 0 Å². The van der Waals surface area contributed by atoms with Gasteiger partial charge in [0, 0.05) is 12.8 Å². The molecule has 0 heterocycles. The smallest absolute Gasteiger partial charge is 0.306 e. The summed E-state index contributed by atoms with van der Waals surface area (Å²) in [4.78, 5) is 38.1. The molecule has 0 saturated heterocycles. The highest BCUT2D eigenvalue weighted by Gasteiger charge is 2.22. The second-order valence-corrected chi connectivity index (χ2v) is 25.5. The number of hydrogen-bond acceptors (Lipinski definition) is 8. The van der Waals surface area contributed by atoms with E-state index < -0.39 is 32.5 Å². The molecule has 10 heteroatoms. The summed E-state index contributed by atoms with van der Waals surface area (Å²) >= 11 is 0. The number of rotatable bonds is 63. The lowest BCUT2D eigenvalue weighted by Crippen LogP contribution is -2.37. The van der Waals surface area contributed by atoms with Crippen LogP contribution in [-0.4, -0.2) is 70.0 Å². The number of carbonyl (C=O) groups is 2. The number of phosphoric acid groups is 1. The second kappa shape index (κ2) is 68.5. The number of nitrogens with zero attached hydrogens (tertiary/aromatic N) is 1. The molecule has 0 aliphatic carbocycles. The van der Waals surface area contributed by atoms with Gasteiger partial charge in [-0.15, -0.1) is 0 Å². The van der Waals surface area contributed by atoms with E-state index in [1.807, 2.05) is 21.1 Å². The number of likely N-dealkylation sites (N-methyl/N-ethyl adjacent to an activating group) is 1. The van der Waals surface area contributed by atoms with Crippen LogP contribution in [0, 0.1) is 0 Å². The Hall–Kier alpha value is -4.89. The van der Waals surface area contributed by atoms with Gasteiger partial charge in [0.25, 0.3) is 7.82 Å². The van der Waals surface area contributed by atoms with Crippen LogP contribution in [0.4, 0.5) is 0 Å². The summed E-state index contributed by atoms with van der Waals surface area (Å²) in [6.07, 6.45) is 105. The average Bonchev–Trinajstić information content (AvgIpc) is 3.58. The number of allylic oxidation sites excluding steroid dienone is 30. The molecule has 0 amide bonds. The molecule has 0 bridgehead atoms. The zero-order valence-corrected chi connectivity index (χ0v) is 58.7. The first kappa shape index (κ1) is 85.1. The van der Waals surface area contributed by atoms with Gasteiger partial charge in [0.15, 0.2) is 6.10 Å². The SMILES string of the molecule is CC/C=C\C/C=C\C/C=C\C/C=C\C/C=C\C/C=C\C/C=C\C/C=C\CCCCCCC(=O)OC(COC(=O)CCCCCCCCCCCCCCCCC/C=C\C/C=C\C/C=C\C/C=C\C/C=C\C/C=C\C/C=C\CC)COP(=O)([O-])OCC[N+](C)(C)C. The van der Waals surface area contributed by atoms with E-state index in [9.17, 15) is 19.0 Å². The molecule has 9 nitrogen and oxygen atoms in total. The van der Waals surface area contributed by atoms with Gasteiger partial charge in [0.2, 0.25) is 0 Å². The predicted molar refractivity (Wildman–Crippen MR) is 387 cm³/mol. The van der Waals surface area contributed by atoms with Crippen LogP contribution >= 0.6 is 7.82 Å². The van der Waals surface area contributed by atoms with Gasteiger partial charge >= 0.3 is 11.9 Å². The highest BCUT2D eigenvalue weighted by atomic mass is 31.2. The predicted octanol–water partition coefficient (Wildman–Crippen LogP) is 22.9. The summed E-state index contributed by atoms with van der Waals surface area (Å²) in [6, 6.07) is 0. The number of ether oxygens (including phenoxy) is 2. The fraction of sp³-hybridized carbons (Fsp3) is 0.600. The first-order valence-corrected chi connectivity index (χ1v) is 37.0. The molecule has 0 rings (SSSR count). The van der Waals surface area contributed by atoms with Crippen molar-refractivity contribution >= 4 is 19.8 Å². The van der Waals surface area contributed by atoms with E-state index in [1.165, 1.54) is 77.0 Å². The minimum Gasteiger partial charge on any atom is -0.756 e. The van der Waals surface area contributed by atoms with E-state index in [0.717, 1.165) is 148 Å². The van der Waals surface area contributed by atoms with E-state index in [-0.39, 0.29) is 26.1 Å². The van der Waals surface area contributed by atoms with Crippen molar-refractivity contribution in [3.63, 3.8) is 0 Å². The summed E-state index contributed by atoms with van der Waals surface area (Å²) in [5.74, 6) is -0.872. The van der Waals surface area contributed by atoms with Crippen LogP contribution in [0.2, 0.25) is 0 Å². The Kier molecular flexibility index (Phi) is 64.8. The molecular weight excluding hydrogens is 1130 g/mol. The van der Waals surface area contributed by atoms with Crippen LogP contribution in [-0.2, 0) is 32.7 Å². The zero-order chi connectivity index (χ0) is 65.5. The van der Waals surface area contributed by atoms with E-state index in [2.05, 4.69) is 196 Å². The molecule has 90 heavy (non-hydrogen) atoms. The first-order chi connectivity index (χ1) is 44.0. The summed E-state index contributed by atoms with van der Waals surface area (Å²) in [5.41, 5.74) is 0. The summed E-state index contributed by atoms with van der Waals surface area (Å²) in [5, 5.41) is 0. The van der Waals surface area contributed by atoms with Crippen LogP contribution in [0.25, 0.3) is 0 Å². The molecule has 0 spiro atoms. The summed E-state index contributed by atoms with van der Waals surface area (Å²) in [7, 11) is 1.13. The third-order valence-electron chi connectivity index (χ3n) is 14.4. The molecule has 0 N–H and O–H groups in total.